The number of H-pyrrole nitrogens is 1. The lowest BCUT2D eigenvalue weighted by Gasteiger charge is -2.17. The third kappa shape index (κ3) is 7.47. The molecule has 2 aromatic heterocycles. The first-order chi connectivity index (χ1) is 20.5. The van der Waals surface area contributed by atoms with Gasteiger partial charge in [-0.05, 0) is 89.7 Å². The van der Waals surface area contributed by atoms with E-state index < -0.39 is 0 Å². The van der Waals surface area contributed by atoms with E-state index in [4.69, 9.17) is 14.2 Å². The lowest BCUT2D eigenvalue weighted by molar-refractivity contribution is -0.143. The number of carbonyl (C=O) groups excluding carboxylic acids is 1. The van der Waals surface area contributed by atoms with Crippen molar-refractivity contribution in [2.75, 3.05) is 44.8 Å². The number of aromatic amines is 1. The average Bonchev–Trinajstić information content (AvgIpc) is 3.64. The van der Waals surface area contributed by atoms with Crippen LogP contribution in [-0.2, 0) is 9.53 Å². The standard InChI is InChI=1S/C32H40FN5O4/c1-3-40-30(39)10-5-4-8-16-41-28-19-24-27(20-29(28)42-17-9-15-38-13-6-7-14-38)34-21-35-32(24)37-26-12-11-25-23(31(26)33)18-22(2)36-25/h11-12,18-21,36H,3-10,13-17H2,1-2H3,(H,34,35,37). The van der Waals surface area contributed by atoms with Crippen molar-refractivity contribution >= 4 is 39.3 Å². The number of aryl methyl sites for hydroxylation is 1. The third-order valence-electron chi connectivity index (χ3n) is 7.49. The predicted octanol–water partition coefficient (Wildman–Crippen LogP) is 6.67. The maximum atomic E-state index is 15.4. The number of nitrogens with zero attached hydrogens (tertiary/aromatic N) is 3. The topological polar surface area (TPSA) is 102 Å². The Labute approximate surface area is 245 Å². The lowest BCUT2D eigenvalue weighted by Crippen LogP contribution is -2.22. The van der Waals surface area contributed by atoms with Crippen LogP contribution in [0.25, 0.3) is 21.8 Å². The van der Waals surface area contributed by atoms with E-state index in [1.54, 1.807) is 12.1 Å². The number of rotatable bonds is 15. The number of carbonyl (C=O) groups is 1. The molecule has 5 rings (SSSR count). The normalized spacial score (nSPS) is 13.6. The quantitative estimate of drug-likeness (QED) is 0.119. The van der Waals surface area contributed by atoms with Crippen molar-refractivity contribution in [3.63, 3.8) is 0 Å². The Morgan fingerprint density at radius 2 is 1.79 bits per heavy atom. The summed E-state index contributed by atoms with van der Waals surface area (Å²) in [4.78, 5) is 26.1. The minimum Gasteiger partial charge on any atom is -0.490 e. The second kappa shape index (κ2) is 14.3. The second-order valence-corrected chi connectivity index (χ2v) is 10.7. The molecule has 1 saturated heterocycles. The smallest absolute Gasteiger partial charge is 0.305 e. The van der Waals surface area contributed by atoms with Crippen LogP contribution in [-0.4, -0.2) is 65.3 Å². The number of esters is 1. The van der Waals surface area contributed by atoms with Crippen LogP contribution < -0.4 is 14.8 Å². The highest BCUT2D eigenvalue weighted by atomic mass is 19.1. The SMILES string of the molecule is CCOC(=O)CCCCCOc1cc2c(Nc3ccc4[nH]c(C)cc4c3F)ncnc2cc1OCCCN1CCCC1. The highest BCUT2D eigenvalue weighted by molar-refractivity contribution is 5.94. The van der Waals surface area contributed by atoms with Crippen LogP contribution in [0.4, 0.5) is 15.9 Å². The summed E-state index contributed by atoms with van der Waals surface area (Å²) in [6.07, 6.45) is 7.69. The summed E-state index contributed by atoms with van der Waals surface area (Å²) in [6.45, 7) is 8.47. The molecule has 4 aromatic rings. The summed E-state index contributed by atoms with van der Waals surface area (Å²) in [7, 11) is 0. The number of nitrogens with one attached hydrogen (secondary N) is 2. The number of ether oxygens (including phenoxy) is 3. The first kappa shape index (κ1) is 29.6. The first-order valence-corrected chi connectivity index (χ1v) is 15.0. The van der Waals surface area contributed by atoms with Crippen molar-refractivity contribution in [2.45, 2.75) is 58.8 Å². The minimum absolute atomic E-state index is 0.167. The van der Waals surface area contributed by atoms with Gasteiger partial charge in [0.25, 0.3) is 0 Å². The van der Waals surface area contributed by atoms with Crippen molar-refractivity contribution in [1.29, 1.82) is 0 Å². The van der Waals surface area contributed by atoms with Gasteiger partial charge in [-0.3, -0.25) is 4.79 Å². The van der Waals surface area contributed by atoms with E-state index in [-0.39, 0.29) is 11.8 Å². The Morgan fingerprint density at radius 1 is 1.00 bits per heavy atom. The maximum absolute atomic E-state index is 15.4. The molecule has 2 N–H and O–H groups in total. The number of unbranched alkanes of at least 4 members (excludes halogenated alkanes) is 2. The molecule has 1 aliphatic heterocycles. The maximum Gasteiger partial charge on any atom is 0.305 e. The molecule has 1 fully saturated rings. The van der Waals surface area contributed by atoms with Crippen LogP contribution in [0.1, 0.15) is 57.6 Å². The molecule has 42 heavy (non-hydrogen) atoms. The number of hydrogen-bond acceptors (Lipinski definition) is 8. The predicted molar refractivity (Wildman–Crippen MR) is 162 cm³/mol. The molecule has 0 amide bonds. The van der Waals surface area contributed by atoms with Gasteiger partial charge in [-0.2, -0.15) is 0 Å². The largest absolute Gasteiger partial charge is 0.490 e. The molecule has 1 aliphatic rings. The number of hydrogen-bond donors (Lipinski definition) is 2. The molecule has 2 aromatic carbocycles. The molecule has 0 aliphatic carbocycles. The third-order valence-corrected chi connectivity index (χ3v) is 7.49. The Hall–Kier alpha value is -3.92. The fraction of sp³-hybridized carbons (Fsp3) is 0.469. The monoisotopic (exact) mass is 577 g/mol. The molecule has 0 spiro atoms. The zero-order chi connectivity index (χ0) is 29.3. The first-order valence-electron chi connectivity index (χ1n) is 15.0. The van der Waals surface area contributed by atoms with Gasteiger partial charge in [0.05, 0.1) is 31.0 Å². The van der Waals surface area contributed by atoms with Gasteiger partial charge in [-0.15, -0.1) is 0 Å². The summed E-state index contributed by atoms with van der Waals surface area (Å²) in [5, 5.41) is 4.38. The van der Waals surface area contributed by atoms with Crippen molar-refractivity contribution in [1.82, 2.24) is 19.9 Å². The van der Waals surface area contributed by atoms with E-state index in [0.29, 0.717) is 65.5 Å². The number of anilines is 2. The average molecular weight is 578 g/mol. The molecule has 0 atom stereocenters. The van der Waals surface area contributed by atoms with E-state index in [2.05, 4.69) is 25.2 Å². The van der Waals surface area contributed by atoms with Crippen molar-refractivity contribution in [2.24, 2.45) is 0 Å². The minimum atomic E-state index is -0.346. The summed E-state index contributed by atoms with van der Waals surface area (Å²) < 4.78 is 32.8. The van der Waals surface area contributed by atoms with Gasteiger partial charge in [-0.1, -0.05) is 0 Å². The molecule has 0 saturated carbocycles. The van der Waals surface area contributed by atoms with Crippen LogP contribution in [0, 0.1) is 12.7 Å². The van der Waals surface area contributed by atoms with Crippen molar-refractivity contribution < 1.29 is 23.4 Å². The van der Waals surface area contributed by atoms with Crippen LogP contribution in [0.2, 0.25) is 0 Å². The molecule has 0 bridgehead atoms. The molecule has 0 radical (unpaired) electrons. The van der Waals surface area contributed by atoms with Gasteiger partial charge in [0.15, 0.2) is 17.3 Å². The van der Waals surface area contributed by atoms with Gasteiger partial charge < -0.3 is 29.4 Å². The second-order valence-electron chi connectivity index (χ2n) is 10.7. The van der Waals surface area contributed by atoms with E-state index in [0.717, 1.165) is 56.5 Å². The zero-order valence-electron chi connectivity index (χ0n) is 24.5. The molecule has 3 heterocycles. The number of benzene rings is 2. The van der Waals surface area contributed by atoms with E-state index in [9.17, 15) is 4.79 Å². The highest BCUT2D eigenvalue weighted by Crippen LogP contribution is 2.36. The molecular formula is C32H40FN5O4. The van der Waals surface area contributed by atoms with Crippen molar-refractivity contribution in [3.05, 3.63) is 48.2 Å². The molecule has 0 unspecified atom stereocenters. The van der Waals surface area contributed by atoms with Gasteiger partial charge in [-0.25, -0.2) is 14.4 Å². The lowest BCUT2D eigenvalue weighted by atomic mass is 10.1. The Morgan fingerprint density at radius 3 is 2.60 bits per heavy atom. The van der Waals surface area contributed by atoms with E-state index >= 15 is 4.39 Å². The number of fused-ring (bicyclic) bond motifs is 2. The van der Waals surface area contributed by atoms with Gasteiger partial charge in [0, 0.05) is 41.0 Å². The van der Waals surface area contributed by atoms with Crippen LogP contribution >= 0.6 is 0 Å². The highest BCUT2D eigenvalue weighted by Gasteiger charge is 2.16. The number of likely N-dealkylation sites (tertiary alicyclic amines) is 1. The van der Waals surface area contributed by atoms with Gasteiger partial charge >= 0.3 is 5.97 Å². The molecular weight excluding hydrogens is 537 g/mol. The van der Waals surface area contributed by atoms with Crippen LogP contribution in [0.3, 0.4) is 0 Å². The fourth-order valence-electron chi connectivity index (χ4n) is 5.36. The number of halogens is 1. The summed E-state index contributed by atoms with van der Waals surface area (Å²) >= 11 is 0. The Bertz CT molecular complexity index is 1500. The summed E-state index contributed by atoms with van der Waals surface area (Å²) in [5.41, 5.74) is 2.63. The Balaban J connectivity index is 1.32. The molecule has 10 heteroatoms. The van der Waals surface area contributed by atoms with Crippen molar-refractivity contribution in [3.8, 4) is 11.5 Å². The number of aromatic nitrogens is 3. The van der Waals surface area contributed by atoms with Gasteiger partial charge in [0.2, 0.25) is 0 Å². The Kier molecular flexibility index (Phi) is 10.1. The van der Waals surface area contributed by atoms with Crippen LogP contribution in [0.15, 0.2) is 36.7 Å². The molecule has 9 nitrogen and oxygen atoms in total. The zero-order valence-corrected chi connectivity index (χ0v) is 24.5. The van der Waals surface area contributed by atoms with Gasteiger partial charge in [0.1, 0.15) is 12.1 Å². The van der Waals surface area contributed by atoms with E-state index in [1.165, 1.54) is 19.2 Å². The fourth-order valence-corrected chi connectivity index (χ4v) is 5.36. The summed E-state index contributed by atoms with van der Waals surface area (Å²) in [5.74, 6) is 1.17. The van der Waals surface area contributed by atoms with E-state index in [1.807, 2.05) is 32.0 Å². The summed E-state index contributed by atoms with van der Waals surface area (Å²) in [6, 6.07) is 9.07. The van der Waals surface area contributed by atoms with Crippen LogP contribution in [0.5, 0.6) is 11.5 Å². The molecule has 224 valence electrons.